The molecule has 0 aliphatic carbocycles. The number of hydrogen-bond acceptors (Lipinski definition) is 8. The van der Waals surface area contributed by atoms with E-state index in [9.17, 15) is 0 Å². The first-order chi connectivity index (χ1) is 57.5. The Kier molecular flexibility index (Phi) is 14.2. The van der Waals surface area contributed by atoms with E-state index in [0.29, 0.717) is 0 Å². The third-order valence-corrected chi connectivity index (χ3v) is 26.5. The van der Waals surface area contributed by atoms with Gasteiger partial charge < -0.3 is 8.83 Å². The molecular weight excluding hydrogens is 1450 g/mol. The minimum atomic E-state index is 0.920. The van der Waals surface area contributed by atoms with E-state index in [-0.39, 0.29) is 0 Å². The topological polar surface area (TPSA) is 77.8 Å². The average Bonchev–Trinajstić information content (AvgIpc) is 1.35. The van der Waals surface area contributed by atoms with Crippen LogP contribution in [0, 0.1) is 0 Å². The van der Waals surface area contributed by atoms with Crippen LogP contribution in [0.15, 0.2) is 373 Å². The first kappa shape index (κ1) is 64.8. The van der Waals surface area contributed by atoms with Crippen molar-refractivity contribution in [3.63, 3.8) is 0 Å². The van der Waals surface area contributed by atoms with Crippen LogP contribution in [0.1, 0.15) is 0 Å². The predicted molar refractivity (Wildman–Crippen MR) is 497 cm³/mol. The molecule has 0 radical (unpaired) electrons. The average molecular weight is 1510 g/mol. The predicted octanol–water partition coefficient (Wildman–Crippen LogP) is 31.3. The summed E-state index contributed by atoms with van der Waals surface area (Å²) < 4.78 is 17.7. The van der Waals surface area contributed by atoms with E-state index in [0.717, 1.165) is 71.3 Å². The number of rotatable bonds is 0. The van der Waals surface area contributed by atoms with Crippen molar-refractivity contribution in [1.29, 1.82) is 0 Å². The smallest absolute Gasteiger partial charge is 0.136 e. The van der Waals surface area contributed by atoms with Gasteiger partial charge in [0.1, 0.15) is 22.3 Å². The summed E-state index contributed by atoms with van der Waals surface area (Å²) in [6.07, 6.45) is 7.57. The highest BCUT2D eigenvalue weighted by Gasteiger charge is 2.21. The number of nitrogens with zero attached hydrogens (tertiary/aromatic N) is 4. The van der Waals surface area contributed by atoms with E-state index in [4.69, 9.17) is 28.8 Å². The summed E-state index contributed by atoms with van der Waals surface area (Å²) in [7, 11) is 0. The monoisotopic (exact) mass is 1510 g/mol. The fraction of sp³-hybridized carbons (Fsp3) is 0. The molecule has 116 heavy (non-hydrogen) atoms. The van der Waals surface area contributed by atoms with Gasteiger partial charge in [-0.25, -0.2) is 0 Å². The third-order valence-electron chi connectivity index (χ3n) is 24.2. The summed E-state index contributed by atoms with van der Waals surface area (Å²) in [5.41, 5.74) is 7.95. The summed E-state index contributed by atoms with van der Waals surface area (Å²) in [5, 5.41) is 44.7. The van der Waals surface area contributed by atoms with Crippen molar-refractivity contribution in [3.8, 4) is 0 Å². The van der Waals surface area contributed by atoms with Crippen molar-refractivity contribution >= 4 is 280 Å². The molecule has 0 saturated heterocycles. The van der Waals surface area contributed by atoms with Gasteiger partial charge in [-0.15, -0.1) is 22.7 Å². The van der Waals surface area contributed by atoms with Gasteiger partial charge in [-0.05, 0) is 253 Å². The Labute approximate surface area is 668 Å². The zero-order chi connectivity index (χ0) is 75.8. The summed E-state index contributed by atoms with van der Waals surface area (Å²) >= 11 is 3.75. The zero-order valence-corrected chi connectivity index (χ0v) is 63.7. The zero-order valence-electron chi connectivity index (χ0n) is 62.1. The van der Waals surface area contributed by atoms with Crippen LogP contribution in [0.4, 0.5) is 0 Å². The Morgan fingerprint density at radius 2 is 0.379 bits per heavy atom. The number of para-hydroxylation sites is 2. The molecule has 0 amide bonds. The van der Waals surface area contributed by atoms with Crippen LogP contribution in [0.3, 0.4) is 0 Å². The lowest BCUT2D eigenvalue weighted by molar-refractivity contribution is 0.669. The van der Waals surface area contributed by atoms with Crippen LogP contribution in [0.25, 0.3) is 257 Å². The van der Waals surface area contributed by atoms with Crippen molar-refractivity contribution in [2.45, 2.75) is 0 Å². The molecule has 6 nitrogen and oxygen atoms in total. The molecule has 0 atom stereocenters. The van der Waals surface area contributed by atoms with E-state index in [2.05, 4.69) is 291 Å². The Balaban J connectivity index is 0.0000000866. The highest BCUT2D eigenvalue weighted by molar-refractivity contribution is 7.26. The highest BCUT2D eigenvalue weighted by Crippen LogP contribution is 2.48. The molecule has 8 aromatic heterocycles. The normalized spacial score (nSPS) is 12.1. The van der Waals surface area contributed by atoms with Crippen molar-refractivity contribution in [3.05, 3.63) is 365 Å². The van der Waals surface area contributed by atoms with Crippen molar-refractivity contribution in [2.75, 3.05) is 0 Å². The number of fused-ring (bicyclic) bond motifs is 40. The number of furan rings is 2. The molecule has 0 unspecified atom stereocenters. The first-order valence-corrected chi connectivity index (χ1v) is 40.9. The van der Waals surface area contributed by atoms with Crippen LogP contribution >= 0.6 is 22.7 Å². The van der Waals surface area contributed by atoms with Crippen LogP contribution < -0.4 is 0 Å². The Morgan fingerprint density at radius 1 is 0.147 bits per heavy atom. The van der Waals surface area contributed by atoms with Crippen molar-refractivity contribution < 1.29 is 8.83 Å². The molecule has 0 spiro atoms. The van der Waals surface area contributed by atoms with Gasteiger partial charge in [-0.3, -0.25) is 19.9 Å². The fourth-order valence-electron chi connectivity index (χ4n) is 18.9. The summed E-state index contributed by atoms with van der Waals surface area (Å²) in [6, 6.07) is 122. The molecule has 28 rings (SSSR count). The van der Waals surface area contributed by atoms with Gasteiger partial charge in [0, 0.05) is 130 Å². The number of hydrogen-bond donors (Lipinski definition) is 0. The maximum Gasteiger partial charge on any atom is 0.136 e. The van der Waals surface area contributed by atoms with E-state index >= 15 is 0 Å². The highest BCUT2D eigenvalue weighted by atomic mass is 32.1. The molecule has 536 valence electrons. The molecule has 28 aromatic rings. The fourth-order valence-corrected chi connectivity index (χ4v) is 21.1. The SMILES string of the molecule is c1ccc2cc3c(cc2c1)c1cc2c(cc1c1cccnc13)oc1ccccc12.c1ccc2cc3c(cc2c1)c1cc2c(cc1c1cccnc13)sc1ccccc12.c1ccc2cc3c(cc2c1)c1cc2oc4ccccc4c2cc1c1cccnc13.c1ccc2cc3c(cc2c1)c1cc2sc4ccccc4c2cc1c1cccnc13. The summed E-state index contributed by atoms with van der Waals surface area (Å²) in [4.78, 5) is 19.1. The standard InChI is InChI=1S/2C27H15NO.2C27H15NS/c1-2-7-17-13-24-20(12-16(17)6-1)21-14-23-18-8-3-4-10-25(18)29-26(23)15-22(21)19-9-5-11-28-27(19)24;1-2-7-17-13-24-20(12-16(17)6-1)22-15-26-23(18-8-3-4-10-25(18)29-26)14-21(22)19-9-5-11-28-27(19)24;1-2-7-17-13-24-20(12-16(17)6-1)21-14-23-18-8-3-4-10-25(18)29-26(23)15-22(21)19-9-5-11-28-27(19)24;1-2-7-17-13-24-20(12-16(17)6-1)22-15-26-23(18-8-3-4-10-25(18)29-26)14-21(22)19-9-5-11-28-27(19)24/h4*1-15H. The molecule has 0 aliphatic rings. The molecule has 8 heteroatoms. The lowest BCUT2D eigenvalue weighted by Gasteiger charge is -2.11. The molecule has 0 bridgehead atoms. The second-order valence-electron chi connectivity index (χ2n) is 30.5. The first-order valence-electron chi connectivity index (χ1n) is 39.2. The van der Waals surface area contributed by atoms with E-state index in [1.807, 2.05) is 96.0 Å². The lowest BCUT2D eigenvalue weighted by atomic mass is 9.93. The van der Waals surface area contributed by atoms with Crippen molar-refractivity contribution in [2.24, 2.45) is 0 Å². The van der Waals surface area contributed by atoms with Gasteiger partial charge in [0.05, 0.1) is 22.1 Å². The van der Waals surface area contributed by atoms with Crippen LogP contribution in [0.2, 0.25) is 0 Å². The molecule has 20 aromatic carbocycles. The third kappa shape index (κ3) is 10.0. The largest absolute Gasteiger partial charge is 0.456 e. The number of thiophene rings is 2. The summed E-state index contributed by atoms with van der Waals surface area (Å²) in [5.74, 6) is 0. The maximum atomic E-state index is 6.19. The maximum absolute atomic E-state index is 6.19. The minimum absolute atomic E-state index is 0.920. The molecule has 8 heterocycles. The number of aromatic nitrogens is 4. The summed E-state index contributed by atoms with van der Waals surface area (Å²) in [6.45, 7) is 0. The molecule has 0 fully saturated rings. The van der Waals surface area contributed by atoms with E-state index in [1.54, 1.807) is 0 Å². The van der Waals surface area contributed by atoms with E-state index < -0.39 is 0 Å². The Hall–Kier alpha value is -14.8. The molecule has 0 N–H and O–H groups in total. The van der Waals surface area contributed by atoms with Gasteiger partial charge in [0.25, 0.3) is 0 Å². The quantitative estimate of drug-likeness (QED) is 0.111. The van der Waals surface area contributed by atoms with Gasteiger partial charge in [-0.1, -0.05) is 194 Å². The Morgan fingerprint density at radius 3 is 0.724 bits per heavy atom. The van der Waals surface area contributed by atoms with Gasteiger partial charge in [0.2, 0.25) is 0 Å². The minimum Gasteiger partial charge on any atom is -0.456 e. The number of benzene rings is 20. The number of pyridine rings is 4. The molecular formula is C108H60N4O2S2. The molecule has 0 saturated carbocycles. The second-order valence-corrected chi connectivity index (χ2v) is 32.7. The van der Waals surface area contributed by atoms with Crippen LogP contribution in [-0.4, -0.2) is 19.9 Å². The Bertz CT molecular complexity index is 8610. The second kappa shape index (κ2) is 25.4. The van der Waals surface area contributed by atoms with Crippen LogP contribution in [0.5, 0.6) is 0 Å². The van der Waals surface area contributed by atoms with Gasteiger partial charge >= 0.3 is 0 Å². The van der Waals surface area contributed by atoms with Gasteiger partial charge in [0.15, 0.2) is 0 Å². The van der Waals surface area contributed by atoms with Crippen LogP contribution in [-0.2, 0) is 0 Å². The van der Waals surface area contributed by atoms with Crippen molar-refractivity contribution in [1.82, 2.24) is 19.9 Å². The van der Waals surface area contributed by atoms with E-state index in [1.165, 1.54) is 186 Å². The van der Waals surface area contributed by atoms with Gasteiger partial charge in [-0.2, -0.15) is 0 Å². The molecule has 0 aliphatic heterocycles. The lowest BCUT2D eigenvalue weighted by Crippen LogP contribution is -1.86.